The van der Waals surface area contributed by atoms with Gasteiger partial charge in [0.15, 0.2) is 11.6 Å². The highest BCUT2D eigenvalue weighted by Crippen LogP contribution is 2.30. The van der Waals surface area contributed by atoms with Gasteiger partial charge >= 0.3 is 0 Å². The van der Waals surface area contributed by atoms with E-state index < -0.39 is 11.6 Å². The number of hydrogen-bond acceptors (Lipinski definition) is 7. The molecule has 4 aromatic rings. The van der Waals surface area contributed by atoms with Gasteiger partial charge in [-0.1, -0.05) is 0 Å². The molecule has 40 heavy (non-hydrogen) atoms. The second-order valence-electron chi connectivity index (χ2n) is 10.4. The minimum atomic E-state index is -0.679. The third kappa shape index (κ3) is 5.94. The number of amides is 1. The highest BCUT2D eigenvalue weighted by atomic mass is 19.1. The SMILES string of the molecule is C1CCNC1.Cc1nc2c(F)cc(-c3nc(Nc4ccc(C(=O)N5CCCC5)cn4)ncc3F)cc2n1C(C)C. The highest BCUT2D eigenvalue weighted by Gasteiger charge is 2.20. The van der Waals surface area contributed by atoms with E-state index in [4.69, 9.17) is 0 Å². The number of rotatable bonds is 5. The minimum absolute atomic E-state index is 0.0432. The molecule has 6 rings (SSSR count). The normalized spacial score (nSPS) is 15.0. The second-order valence-corrected chi connectivity index (χ2v) is 10.4. The van der Waals surface area contributed by atoms with Gasteiger partial charge in [0.2, 0.25) is 5.95 Å². The first-order valence-electron chi connectivity index (χ1n) is 13.8. The van der Waals surface area contributed by atoms with E-state index in [1.807, 2.05) is 30.2 Å². The summed E-state index contributed by atoms with van der Waals surface area (Å²) in [4.78, 5) is 31.2. The maximum absolute atomic E-state index is 14.9. The molecule has 2 N–H and O–H groups in total. The van der Waals surface area contributed by atoms with Gasteiger partial charge in [-0.3, -0.25) is 4.79 Å². The number of aromatic nitrogens is 5. The van der Waals surface area contributed by atoms with Gasteiger partial charge in [0.25, 0.3) is 5.91 Å². The molecule has 3 aromatic heterocycles. The lowest BCUT2D eigenvalue weighted by Gasteiger charge is -2.15. The van der Waals surface area contributed by atoms with E-state index in [-0.39, 0.29) is 34.7 Å². The van der Waals surface area contributed by atoms with Crippen LogP contribution >= 0.6 is 0 Å². The minimum Gasteiger partial charge on any atom is -0.339 e. The fraction of sp³-hybridized carbons (Fsp3) is 0.414. The van der Waals surface area contributed by atoms with Crippen molar-refractivity contribution in [2.45, 2.75) is 52.5 Å². The average molecular weight is 549 g/mol. The Morgan fingerprint density at radius 2 is 1.73 bits per heavy atom. The lowest BCUT2D eigenvalue weighted by atomic mass is 10.1. The monoisotopic (exact) mass is 548 g/mol. The molecule has 0 radical (unpaired) electrons. The van der Waals surface area contributed by atoms with Crippen LogP contribution in [0.25, 0.3) is 22.3 Å². The van der Waals surface area contributed by atoms with E-state index >= 15 is 0 Å². The number of aryl methyl sites for hydroxylation is 1. The Hall–Kier alpha value is -3.99. The summed E-state index contributed by atoms with van der Waals surface area (Å²) >= 11 is 0. The van der Waals surface area contributed by atoms with Crippen molar-refractivity contribution in [2.24, 2.45) is 0 Å². The zero-order valence-corrected chi connectivity index (χ0v) is 23.0. The van der Waals surface area contributed by atoms with Crippen LogP contribution < -0.4 is 10.6 Å². The molecule has 2 saturated heterocycles. The highest BCUT2D eigenvalue weighted by molar-refractivity contribution is 5.94. The first-order chi connectivity index (χ1) is 19.3. The summed E-state index contributed by atoms with van der Waals surface area (Å²) in [6, 6.07) is 6.29. The summed E-state index contributed by atoms with van der Waals surface area (Å²) < 4.78 is 31.5. The van der Waals surface area contributed by atoms with Crippen molar-refractivity contribution in [3.8, 4) is 11.3 Å². The van der Waals surface area contributed by atoms with Gasteiger partial charge in [-0.05, 0) is 83.8 Å². The van der Waals surface area contributed by atoms with Crippen LogP contribution in [0.2, 0.25) is 0 Å². The number of fused-ring (bicyclic) bond motifs is 1. The van der Waals surface area contributed by atoms with E-state index in [0.717, 1.165) is 32.1 Å². The Bertz CT molecular complexity index is 1480. The molecule has 5 heterocycles. The quantitative estimate of drug-likeness (QED) is 0.344. The number of carbonyl (C=O) groups is 1. The molecule has 2 aliphatic rings. The smallest absolute Gasteiger partial charge is 0.255 e. The van der Waals surface area contributed by atoms with E-state index in [9.17, 15) is 13.6 Å². The Morgan fingerprint density at radius 3 is 2.35 bits per heavy atom. The summed E-state index contributed by atoms with van der Waals surface area (Å²) in [5.41, 5.74) is 1.54. The first-order valence-corrected chi connectivity index (χ1v) is 13.8. The third-order valence-corrected chi connectivity index (χ3v) is 7.06. The van der Waals surface area contributed by atoms with Gasteiger partial charge < -0.3 is 20.1 Å². The zero-order chi connectivity index (χ0) is 28.2. The van der Waals surface area contributed by atoms with E-state index in [2.05, 4.69) is 30.6 Å². The van der Waals surface area contributed by atoms with Crippen molar-refractivity contribution in [2.75, 3.05) is 31.5 Å². The standard InChI is InChI=1S/C25H25F2N7O.C4H9N/c1-14(2)34-15(3)30-23-18(26)10-17(11-20(23)34)22-19(27)13-29-25(32-22)31-21-7-6-16(12-28-21)24(35)33-8-4-5-9-33;1-2-4-5-3-1/h6-7,10-14H,4-5,8-9H2,1-3H3,(H,28,29,31,32);5H,1-4H2. The Labute approximate surface area is 232 Å². The van der Waals surface area contributed by atoms with Gasteiger partial charge in [-0.15, -0.1) is 0 Å². The van der Waals surface area contributed by atoms with Gasteiger partial charge in [0.05, 0.1) is 17.3 Å². The maximum atomic E-state index is 14.9. The number of imidazole rings is 1. The predicted octanol–water partition coefficient (Wildman–Crippen LogP) is 5.41. The molecule has 1 amide bonds. The average Bonchev–Trinajstić information content (AvgIpc) is 3.73. The molecule has 2 aliphatic heterocycles. The molecule has 210 valence electrons. The summed E-state index contributed by atoms with van der Waals surface area (Å²) in [7, 11) is 0. The topological polar surface area (TPSA) is 101 Å². The summed E-state index contributed by atoms with van der Waals surface area (Å²) in [5.74, 6) is -0.102. The number of hydrogen-bond donors (Lipinski definition) is 2. The molecule has 0 unspecified atom stereocenters. The number of benzene rings is 1. The second kappa shape index (κ2) is 12.0. The molecule has 0 aliphatic carbocycles. The fourth-order valence-electron chi connectivity index (χ4n) is 5.12. The molecule has 2 fully saturated rings. The molecule has 11 heteroatoms. The van der Waals surface area contributed by atoms with Crippen molar-refractivity contribution >= 4 is 28.7 Å². The number of pyridine rings is 1. The number of carbonyl (C=O) groups excluding carboxylic acids is 1. The number of nitrogens with zero attached hydrogens (tertiary/aromatic N) is 6. The molecular formula is C29H34F2N8O. The fourth-order valence-corrected chi connectivity index (χ4v) is 5.12. The number of halogens is 2. The lowest BCUT2D eigenvalue weighted by Crippen LogP contribution is -2.27. The van der Waals surface area contributed by atoms with Crippen LogP contribution in [0.4, 0.5) is 20.5 Å². The van der Waals surface area contributed by atoms with Crippen molar-refractivity contribution in [1.82, 2.24) is 34.7 Å². The third-order valence-electron chi connectivity index (χ3n) is 7.06. The molecule has 0 saturated carbocycles. The molecule has 0 atom stereocenters. The van der Waals surface area contributed by atoms with Crippen LogP contribution in [0, 0.1) is 18.6 Å². The van der Waals surface area contributed by atoms with Crippen molar-refractivity contribution in [3.05, 3.63) is 59.7 Å². The van der Waals surface area contributed by atoms with Gasteiger partial charge in [0.1, 0.15) is 22.9 Å². The number of nitrogens with one attached hydrogen (secondary N) is 2. The summed E-state index contributed by atoms with van der Waals surface area (Å²) in [6.45, 7) is 9.78. The predicted molar refractivity (Wildman–Crippen MR) is 151 cm³/mol. The van der Waals surface area contributed by atoms with E-state index in [0.29, 0.717) is 22.7 Å². The van der Waals surface area contributed by atoms with Crippen molar-refractivity contribution < 1.29 is 13.6 Å². The van der Waals surface area contributed by atoms with Crippen LogP contribution in [0.3, 0.4) is 0 Å². The Balaban J connectivity index is 0.000000582. The number of likely N-dealkylation sites (tertiary alicyclic amines) is 1. The molecule has 1 aromatic carbocycles. The van der Waals surface area contributed by atoms with Crippen LogP contribution in [0.15, 0.2) is 36.7 Å². The van der Waals surface area contributed by atoms with Gasteiger partial charge in [0, 0.05) is 30.9 Å². The Morgan fingerprint density at radius 1 is 0.975 bits per heavy atom. The molecular weight excluding hydrogens is 514 g/mol. The van der Waals surface area contributed by atoms with Crippen LogP contribution in [0.5, 0.6) is 0 Å². The summed E-state index contributed by atoms with van der Waals surface area (Å²) in [6.07, 6.45) is 7.33. The summed E-state index contributed by atoms with van der Waals surface area (Å²) in [5, 5.41) is 6.15. The van der Waals surface area contributed by atoms with Crippen molar-refractivity contribution in [1.29, 1.82) is 0 Å². The van der Waals surface area contributed by atoms with Crippen LogP contribution in [0.1, 0.15) is 61.8 Å². The lowest BCUT2D eigenvalue weighted by molar-refractivity contribution is 0.0792. The Kier molecular flexibility index (Phi) is 8.29. The van der Waals surface area contributed by atoms with Crippen LogP contribution in [-0.2, 0) is 0 Å². The molecule has 0 bridgehead atoms. The number of anilines is 2. The van der Waals surface area contributed by atoms with E-state index in [1.165, 1.54) is 38.2 Å². The van der Waals surface area contributed by atoms with Gasteiger partial charge in [-0.25, -0.2) is 28.7 Å². The molecule has 9 nitrogen and oxygen atoms in total. The molecule has 0 spiro atoms. The van der Waals surface area contributed by atoms with Crippen molar-refractivity contribution in [3.63, 3.8) is 0 Å². The van der Waals surface area contributed by atoms with Gasteiger partial charge in [-0.2, -0.15) is 0 Å². The largest absolute Gasteiger partial charge is 0.339 e. The zero-order valence-electron chi connectivity index (χ0n) is 23.0. The maximum Gasteiger partial charge on any atom is 0.255 e. The van der Waals surface area contributed by atoms with Crippen LogP contribution in [-0.4, -0.2) is 61.5 Å². The first kappa shape index (κ1) is 27.6. The van der Waals surface area contributed by atoms with E-state index in [1.54, 1.807) is 18.2 Å².